The van der Waals surface area contributed by atoms with Gasteiger partial charge >= 0.3 is 0 Å². The van der Waals surface area contributed by atoms with Crippen molar-refractivity contribution in [1.29, 1.82) is 0 Å². The van der Waals surface area contributed by atoms with Gasteiger partial charge in [0.2, 0.25) is 0 Å². The molecule has 0 bridgehead atoms. The second-order valence-electron chi connectivity index (χ2n) is 3.32. The van der Waals surface area contributed by atoms with E-state index in [0.717, 1.165) is 0 Å². The number of benzene rings is 1. The molecule has 5 nitrogen and oxygen atoms in total. The number of ether oxygens (including phenoxy) is 1. The third-order valence-electron chi connectivity index (χ3n) is 2.32. The lowest BCUT2D eigenvalue weighted by Gasteiger charge is -2.10. The molecule has 0 aliphatic heterocycles. The summed E-state index contributed by atoms with van der Waals surface area (Å²) >= 11 is 0. The van der Waals surface area contributed by atoms with E-state index in [1.165, 1.54) is 13.2 Å². The van der Waals surface area contributed by atoms with Crippen LogP contribution in [0.1, 0.15) is 18.4 Å². The Morgan fingerprint density at radius 1 is 1.60 bits per heavy atom. The Labute approximate surface area is 88.0 Å². The van der Waals surface area contributed by atoms with Crippen molar-refractivity contribution in [3.05, 3.63) is 33.9 Å². The monoisotopic (exact) mass is 210 g/mol. The quantitative estimate of drug-likeness (QED) is 0.605. The fraction of sp³-hybridized carbons (Fsp3) is 0.400. The third kappa shape index (κ3) is 2.44. The number of rotatable bonds is 4. The van der Waals surface area contributed by atoms with Gasteiger partial charge in [-0.3, -0.25) is 10.1 Å². The zero-order valence-electron chi connectivity index (χ0n) is 8.77. The van der Waals surface area contributed by atoms with Gasteiger partial charge < -0.3 is 10.5 Å². The lowest BCUT2D eigenvalue weighted by Crippen LogP contribution is -2.10. The topological polar surface area (TPSA) is 78.4 Å². The number of hydrogen-bond acceptors (Lipinski definition) is 4. The van der Waals surface area contributed by atoms with Gasteiger partial charge in [-0.2, -0.15) is 0 Å². The number of methoxy groups -OCH3 is 1. The number of nitro benzene ring substituents is 1. The standard InChI is InChI=1S/C10H14N2O3/c1-7(6-11)9-4-3-8(15-2)5-10(9)12(13)14/h3-5,7H,6,11H2,1-2H3. The van der Waals surface area contributed by atoms with Crippen LogP contribution in [0.15, 0.2) is 18.2 Å². The first-order valence-electron chi connectivity index (χ1n) is 4.62. The molecule has 0 spiro atoms. The molecule has 0 fully saturated rings. The Balaban J connectivity index is 3.21. The molecule has 0 aliphatic carbocycles. The summed E-state index contributed by atoms with van der Waals surface area (Å²) in [5, 5.41) is 10.8. The predicted octanol–water partition coefficient (Wildman–Crippen LogP) is 1.67. The van der Waals surface area contributed by atoms with E-state index in [9.17, 15) is 10.1 Å². The van der Waals surface area contributed by atoms with E-state index in [-0.39, 0.29) is 11.6 Å². The normalized spacial score (nSPS) is 12.2. The highest BCUT2D eigenvalue weighted by atomic mass is 16.6. The Kier molecular flexibility index (Phi) is 3.62. The van der Waals surface area contributed by atoms with Crippen molar-refractivity contribution in [2.75, 3.05) is 13.7 Å². The summed E-state index contributed by atoms with van der Waals surface area (Å²) in [5.74, 6) is 0.450. The molecule has 0 heterocycles. The first-order valence-corrected chi connectivity index (χ1v) is 4.62. The molecular weight excluding hydrogens is 196 g/mol. The number of nitro groups is 1. The van der Waals surface area contributed by atoms with E-state index < -0.39 is 4.92 Å². The molecule has 1 atom stereocenters. The Bertz CT molecular complexity index is 366. The van der Waals surface area contributed by atoms with Gasteiger partial charge in [0.25, 0.3) is 5.69 Å². The summed E-state index contributed by atoms with van der Waals surface area (Å²) in [6, 6.07) is 4.81. The first-order chi connectivity index (χ1) is 7.10. The van der Waals surface area contributed by atoms with Crippen molar-refractivity contribution in [3.63, 3.8) is 0 Å². The molecule has 1 unspecified atom stereocenters. The van der Waals surface area contributed by atoms with E-state index in [1.54, 1.807) is 12.1 Å². The highest BCUT2D eigenvalue weighted by molar-refractivity contribution is 5.47. The molecular formula is C10H14N2O3. The fourth-order valence-electron chi connectivity index (χ4n) is 1.35. The van der Waals surface area contributed by atoms with Crippen molar-refractivity contribution in [1.82, 2.24) is 0 Å². The minimum absolute atomic E-state index is 0.0312. The first kappa shape index (κ1) is 11.5. The molecule has 82 valence electrons. The highest BCUT2D eigenvalue weighted by Gasteiger charge is 2.18. The summed E-state index contributed by atoms with van der Waals surface area (Å²) in [5.41, 5.74) is 6.19. The second kappa shape index (κ2) is 4.75. The number of hydrogen-bond donors (Lipinski definition) is 1. The molecule has 0 radical (unpaired) electrons. The van der Waals surface area contributed by atoms with Gasteiger partial charge in [0.05, 0.1) is 18.1 Å². The van der Waals surface area contributed by atoms with Gasteiger partial charge in [-0.25, -0.2) is 0 Å². The Morgan fingerprint density at radius 2 is 2.27 bits per heavy atom. The Morgan fingerprint density at radius 3 is 2.73 bits per heavy atom. The SMILES string of the molecule is COc1ccc(C(C)CN)c([N+](=O)[O-])c1. The van der Waals surface area contributed by atoms with Crippen LogP contribution in [0.3, 0.4) is 0 Å². The fourth-order valence-corrected chi connectivity index (χ4v) is 1.35. The van der Waals surface area contributed by atoms with Gasteiger partial charge in [0, 0.05) is 11.5 Å². The maximum absolute atomic E-state index is 10.8. The van der Waals surface area contributed by atoms with Crippen molar-refractivity contribution >= 4 is 5.69 Å². The summed E-state index contributed by atoms with van der Waals surface area (Å²) in [6.45, 7) is 2.24. The van der Waals surface area contributed by atoms with Crippen LogP contribution in [-0.2, 0) is 0 Å². The molecule has 1 aromatic carbocycles. The molecule has 15 heavy (non-hydrogen) atoms. The van der Waals surface area contributed by atoms with Crippen LogP contribution in [0, 0.1) is 10.1 Å². The summed E-state index contributed by atoms with van der Waals surface area (Å²) in [6.07, 6.45) is 0. The van der Waals surface area contributed by atoms with Crippen LogP contribution >= 0.6 is 0 Å². The minimum Gasteiger partial charge on any atom is -0.497 e. The van der Waals surface area contributed by atoms with Crippen LogP contribution in [0.2, 0.25) is 0 Å². The lowest BCUT2D eigenvalue weighted by atomic mass is 9.99. The number of nitrogens with zero attached hydrogens (tertiary/aromatic N) is 1. The summed E-state index contributed by atoms with van der Waals surface area (Å²) in [4.78, 5) is 10.4. The smallest absolute Gasteiger partial charge is 0.276 e. The van der Waals surface area contributed by atoms with E-state index in [2.05, 4.69) is 0 Å². The number of nitrogens with two attached hydrogens (primary N) is 1. The van der Waals surface area contributed by atoms with E-state index in [1.807, 2.05) is 6.92 Å². The summed E-state index contributed by atoms with van der Waals surface area (Å²) < 4.78 is 4.94. The largest absolute Gasteiger partial charge is 0.497 e. The van der Waals surface area contributed by atoms with Crippen LogP contribution < -0.4 is 10.5 Å². The van der Waals surface area contributed by atoms with Crippen LogP contribution in [-0.4, -0.2) is 18.6 Å². The van der Waals surface area contributed by atoms with Crippen molar-refractivity contribution in [3.8, 4) is 5.75 Å². The molecule has 0 amide bonds. The average molecular weight is 210 g/mol. The maximum Gasteiger partial charge on any atom is 0.276 e. The molecule has 0 saturated carbocycles. The lowest BCUT2D eigenvalue weighted by molar-refractivity contribution is -0.385. The van der Waals surface area contributed by atoms with Gasteiger partial charge in [0.15, 0.2) is 0 Å². The molecule has 1 rings (SSSR count). The van der Waals surface area contributed by atoms with Gasteiger partial charge in [-0.1, -0.05) is 6.92 Å². The average Bonchev–Trinajstić information content (AvgIpc) is 2.27. The highest BCUT2D eigenvalue weighted by Crippen LogP contribution is 2.29. The zero-order valence-corrected chi connectivity index (χ0v) is 8.77. The van der Waals surface area contributed by atoms with E-state index in [0.29, 0.717) is 17.9 Å². The van der Waals surface area contributed by atoms with Crippen molar-refractivity contribution in [2.45, 2.75) is 12.8 Å². The van der Waals surface area contributed by atoms with Crippen molar-refractivity contribution < 1.29 is 9.66 Å². The van der Waals surface area contributed by atoms with Crippen LogP contribution in [0.4, 0.5) is 5.69 Å². The van der Waals surface area contributed by atoms with Gasteiger partial charge in [0.1, 0.15) is 5.75 Å². The molecule has 0 aliphatic rings. The van der Waals surface area contributed by atoms with Gasteiger partial charge in [-0.05, 0) is 18.7 Å². The maximum atomic E-state index is 10.8. The predicted molar refractivity (Wildman–Crippen MR) is 57.1 cm³/mol. The minimum atomic E-state index is -0.413. The van der Waals surface area contributed by atoms with E-state index in [4.69, 9.17) is 10.5 Å². The second-order valence-corrected chi connectivity index (χ2v) is 3.32. The summed E-state index contributed by atoms with van der Waals surface area (Å²) in [7, 11) is 1.48. The van der Waals surface area contributed by atoms with Gasteiger partial charge in [-0.15, -0.1) is 0 Å². The Hall–Kier alpha value is -1.62. The molecule has 0 saturated heterocycles. The zero-order chi connectivity index (χ0) is 11.4. The molecule has 0 aromatic heterocycles. The van der Waals surface area contributed by atoms with Crippen molar-refractivity contribution in [2.24, 2.45) is 5.73 Å². The van der Waals surface area contributed by atoms with E-state index >= 15 is 0 Å². The van der Waals surface area contributed by atoms with Crippen LogP contribution in [0.25, 0.3) is 0 Å². The molecule has 2 N–H and O–H groups in total. The van der Waals surface area contributed by atoms with Crippen LogP contribution in [0.5, 0.6) is 5.75 Å². The molecule has 1 aromatic rings. The third-order valence-corrected chi connectivity index (χ3v) is 2.32. The molecule has 5 heteroatoms.